The summed E-state index contributed by atoms with van der Waals surface area (Å²) >= 11 is 0. The minimum atomic E-state index is -3.87. The van der Waals surface area contributed by atoms with Crippen molar-refractivity contribution in [2.24, 2.45) is 0 Å². The summed E-state index contributed by atoms with van der Waals surface area (Å²) < 4.78 is 29.5. The molecule has 0 aliphatic carbocycles. The van der Waals surface area contributed by atoms with Crippen molar-refractivity contribution in [3.63, 3.8) is 0 Å². The molecular formula is C24H24N2O3S. The molecule has 0 aromatic heterocycles. The first-order chi connectivity index (χ1) is 14.2. The zero-order valence-corrected chi connectivity index (χ0v) is 18.0. The molecule has 2 N–H and O–H groups in total. The summed E-state index contributed by atoms with van der Waals surface area (Å²) in [4.78, 5) is 13.4. The summed E-state index contributed by atoms with van der Waals surface area (Å²) in [6, 6.07) is 20.9. The fraction of sp³-hybridized carbons (Fsp3) is 0.208. The van der Waals surface area contributed by atoms with Crippen LogP contribution in [0.4, 0.5) is 5.69 Å². The van der Waals surface area contributed by atoms with Gasteiger partial charge in [-0.1, -0.05) is 60.2 Å². The van der Waals surface area contributed by atoms with Gasteiger partial charge in [-0.15, -0.1) is 0 Å². The van der Waals surface area contributed by atoms with Crippen LogP contribution in [0.1, 0.15) is 35.2 Å². The molecule has 0 fully saturated rings. The maximum atomic E-state index is 13.3. The molecule has 5 nitrogen and oxygen atoms in total. The Morgan fingerprint density at radius 1 is 0.900 bits per heavy atom. The number of sulfonamides is 1. The normalized spacial score (nSPS) is 19.2. The van der Waals surface area contributed by atoms with Crippen molar-refractivity contribution in [2.45, 2.75) is 37.1 Å². The second-order valence-corrected chi connectivity index (χ2v) is 9.64. The van der Waals surface area contributed by atoms with Gasteiger partial charge in [0, 0.05) is 5.69 Å². The molecule has 1 heterocycles. The van der Waals surface area contributed by atoms with Gasteiger partial charge in [0.05, 0.1) is 16.4 Å². The van der Waals surface area contributed by atoms with E-state index in [1.807, 2.05) is 62.4 Å². The van der Waals surface area contributed by atoms with Gasteiger partial charge in [0.2, 0.25) is 15.9 Å². The number of aryl methyl sites for hydroxylation is 2. The van der Waals surface area contributed by atoms with Gasteiger partial charge >= 0.3 is 0 Å². The first kappa shape index (κ1) is 20.3. The van der Waals surface area contributed by atoms with Gasteiger partial charge < -0.3 is 5.32 Å². The number of fused-ring (bicyclic) bond motifs is 1. The standard InChI is InChI=1S/C24H24N2O3S/c1-16-12-14-18(15-13-16)30(28,29)26-22(19-9-5-4-8-17(19)2)24(3)20-10-6-7-11-21(20)25-23(24)27/h4-15,22,26H,1-3H3,(H,25,27)/t22-,24-/m1/s1. The molecule has 1 amide bonds. The van der Waals surface area contributed by atoms with E-state index in [1.165, 1.54) is 0 Å². The molecule has 3 aromatic carbocycles. The molecule has 0 saturated heterocycles. The Morgan fingerprint density at radius 2 is 1.53 bits per heavy atom. The Hall–Kier alpha value is -2.96. The number of amides is 1. The molecule has 0 spiro atoms. The van der Waals surface area contributed by atoms with E-state index in [0.717, 1.165) is 22.3 Å². The first-order valence-corrected chi connectivity index (χ1v) is 11.3. The van der Waals surface area contributed by atoms with E-state index in [1.54, 1.807) is 31.2 Å². The molecule has 1 aliphatic heterocycles. The molecule has 0 radical (unpaired) electrons. The molecular weight excluding hydrogens is 396 g/mol. The largest absolute Gasteiger partial charge is 0.325 e. The van der Waals surface area contributed by atoms with Gasteiger partial charge in [0.15, 0.2) is 0 Å². The van der Waals surface area contributed by atoms with Gasteiger partial charge in [-0.3, -0.25) is 4.79 Å². The summed E-state index contributed by atoms with van der Waals surface area (Å²) in [5.41, 5.74) is 3.02. The van der Waals surface area contributed by atoms with Gasteiger partial charge in [-0.2, -0.15) is 0 Å². The van der Waals surface area contributed by atoms with Crippen LogP contribution in [0.3, 0.4) is 0 Å². The highest BCUT2D eigenvalue weighted by Crippen LogP contribution is 2.46. The fourth-order valence-electron chi connectivity index (χ4n) is 4.05. The van der Waals surface area contributed by atoms with Gasteiger partial charge in [0.25, 0.3) is 0 Å². The third-order valence-corrected chi connectivity index (χ3v) is 7.33. The zero-order valence-electron chi connectivity index (χ0n) is 17.1. The highest BCUT2D eigenvalue weighted by molar-refractivity contribution is 7.89. The molecule has 154 valence electrons. The predicted molar refractivity (Wildman–Crippen MR) is 118 cm³/mol. The van der Waals surface area contributed by atoms with Crippen molar-refractivity contribution >= 4 is 21.6 Å². The summed E-state index contributed by atoms with van der Waals surface area (Å²) in [5.74, 6) is -0.233. The molecule has 0 saturated carbocycles. The second kappa shape index (κ2) is 7.38. The molecule has 3 aromatic rings. The van der Waals surface area contributed by atoms with Crippen LogP contribution in [-0.2, 0) is 20.2 Å². The Kier molecular flexibility index (Phi) is 5.00. The van der Waals surface area contributed by atoms with Crippen molar-refractivity contribution < 1.29 is 13.2 Å². The van der Waals surface area contributed by atoms with E-state index >= 15 is 0 Å². The Morgan fingerprint density at radius 3 is 2.23 bits per heavy atom. The molecule has 0 bridgehead atoms. The summed E-state index contributed by atoms with van der Waals surface area (Å²) in [6.45, 7) is 5.62. The molecule has 0 unspecified atom stereocenters. The number of rotatable bonds is 5. The van der Waals surface area contributed by atoms with Crippen molar-refractivity contribution in [2.75, 3.05) is 5.32 Å². The number of anilines is 1. The highest BCUT2D eigenvalue weighted by atomic mass is 32.2. The van der Waals surface area contributed by atoms with Crippen molar-refractivity contribution in [3.05, 3.63) is 95.1 Å². The van der Waals surface area contributed by atoms with Crippen LogP contribution in [0, 0.1) is 13.8 Å². The fourth-order valence-corrected chi connectivity index (χ4v) is 5.35. The summed E-state index contributed by atoms with van der Waals surface area (Å²) in [5, 5.41) is 2.92. The van der Waals surface area contributed by atoms with Crippen molar-refractivity contribution in [3.8, 4) is 0 Å². The zero-order chi connectivity index (χ0) is 21.5. The van der Waals surface area contributed by atoms with E-state index < -0.39 is 21.5 Å². The van der Waals surface area contributed by atoms with Crippen molar-refractivity contribution in [1.82, 2.24) is 4.72 Å². The lowest BCUT2D eigenvalue weighted by molar-refractivity contribution is -0.121. The smallest absolute Gasteiger partial charge is 0.241 e. The number of carbonyl (C=O) groups is 1. The summed E-state index contributed by atoms with van der Waals surface area (Å²) in [7, 11) is -3.87. The highest BCUT2D eigenvalue weighted by Gasteiger charge is 2.50. The van der Waals surface area contributed by atoms with Crippen LogP contribution in [0.2, 0.25) is 0 Å². The van der Waals surface area contributed by atoms with Crippen LogP contribution in [-0.4, -0.2) is 14.3 Å². The number of hydrogen-bond donors (Lipinski definition) is 2. The number of benzene rings is 3. The average molecular weight is 421 g/mol. The quantitative estimate of drug-likeness (QED) is 0.649. The monoisotopic (exact) mass is 420 g/mol. The maximum absolute atomic E-state index is 13.3. The van der Waals surface area contributed by atoms with E-state index in [2.05, 4.69) is 10.0 Å². The third-order valence-electron chi connectivity index (χ3n) is 5.89. The van der Waals surface area contributed by atoms with Gasteiger partial charge in [-0.25, -0.2) is 13.1 Å². The molecule has 2 atom stereocenters. The SMILES string of the molecule is Cc1ccc(S(=O)(=O)N[C@H](c2ccccc2C)[C@]2(C)C(=O)Nc3ccccc32)cc1. The third kappa shape index (κ3) is 3.32. The number of para-hydroxylation sites is 1. The minimum Gasteiger partial charge on any atom is -0.325 e. The molecule has 1 aliphatic rings. The van der Waals surface area contributed by atoms with Crippen LogP contribution in [0.25, 0.3) is 0 Å². The van der Waals surface area contributed by atoms with Crippen LogP contribution < -0.4 is 10.0 Å². The van der Waals surface area contributed by atoms with Crippen LogP contribution in [0.15, 0.2) is 77.7 Å². The van der Waals surface area contributed by atoms with Crippen molar-refractivity contribution in [1.29, 1.82) is 0 Å². The number of hydrogen-bond acceptors (Lipinski definition) is 3. The predicted octanol–water partition coefficient (Wildman–Crippen LogP) is 4.23. The van der Waals surface area contributed by atoms with E-state index in [0.29, 0.717) is 5.69 Å². The Bertz CT molecular complexity index is 1220. The molecule has 6 heteroatoms. The number of carbonyl (C=O) groups excluding carboxylic acids is 1. The van der Waals surface area contributed by atoms with Gasteiger partial charge in [-0.05, 0) is 55.7 Å². The topological polar surface area (TPSA) is 75.3 Å². The van der Waals surface area contributed by atoms with Crippen LogP contribution >= 0.6 is 0 Å². The first-order valence-electron chi connectivity index (χ1n) is 9.79. The maximum Gasteiger partial charge on any atom is 0.241 e. The lowest BCUT2D eigenvalue weighted by Gasteiger charge is -2.34. The van der Waals surface area contributed by atoms with E-state index in [9.17, 15) is 13.2 Å². The van der Waals surface area contributed by atoms with Crippen LogP contribution in [0.5, 0.6) is 0 Å². The number of nitrogens with one attached hydrogen (secondary N) is 2. The second-order valence-electron chi connectivity index (χ2n) is 7.93. The molecule has 30 heavy (non-hydrogen) atoms. The molecule has 4 rings (SSSR count). The summed E-state index contributed by atoms with van der Waals surface area (Å²) in [6.07, 6.45) is 0. The van der Waals surface area contributed by atoms with E-state index in [-0.39, 0.29) is 10.8 Å². The Balaban J connectivity index is 1.88. The minimum absolute atomic E-state index is 0.168. The van der Waals surface area contributed by atoms with E-state index in [4.69, 9.17) is 0 Å². The average Bonchev–Trinajstić information content (AvgIpc) is 2.98. The lowest BCUT2D eigenvalue weighted by Crippen LogP contribution is -2.46. The van der Waals surface area contributed by atoms with Gasteiger partial charge in [0.1, 0.15) is 0 Å². The Labute approximate surface area is 177 Å². The lowest BCUT2D eigenvalue weighted by atomic mass is 9.73.